The van der Waals surface area contributed by atoms with Crippen molar-refractivity contribution in [2.75, 3.05) is 11.9 Å². The third-order valence-corrected chi connectivity index (χ3v) is 5.43. The molecule has 1 aliphatic rings. The first-order valence-corrected chi connectivity index (χ1v) is 9.31. The zero-order valence-corrected chi connectivity index (χ0v) is 16.3. The van der Waals surface area contributed by atoms with Gasteiger partial charge in [-0.25, -0.2) is 0 Å². The predicted molar refractivity (Wildman–Crippen MR) is 108 cm³/mol. The van der Waals surface area contributed by atoms with Crippen molar-refractivity contribution in [3.8, 4) is 0 Å². The fourth-order valence-electron chi connectivity index (χ4n) is 3.07. The van der Waals surface area contributed by atoms with Crippen LogP contribution in [-0.4, -0.2) is 18.5 Å². The Balaban J connectivity index is 0.00000225. The standard InChI is InChI=1S/C20H24N2OS.ClH/c1-14-12-18(24-17-6-4-3-5-7-17)8-9-19(14)22-20(23)16-10-11-21-15(2)13-16;/h3-9,12,15-16,21H,10-11,13H2,1-2H3,(H,22,23);1H/t15-,16-;/m0./s1. The molecule has 1 aliphatic heterocycles. The highest BCUT2D eigenvalue weighted by Crippen LogP contribution is 2.30. The maximum absolute atomic E-state index is 12.5. The number of amides is 1. The Hall–Kier alpha value is -1.49. The molecule has 0 radical (unpaired) electrons. The van der Waals surface area contributed by atoms with Gasteiger partial charge in [0.2, 0.25) is 5.91 Å². The Labute approximate surface area is 160 Å². The zero-order chi connectivity index (χ0) is 16.9. The molecule has 1 fully saturated rings. The van der Waals surface area contributed by atoms with Crippen LogP contribution < -0.4 is 10.6 Å². The second-order valence-corrected chi connectivity index (χ2v) is 7.60. The molecule has 0 spiro atoms. The van der Waals surface area contributed by atoms with Gasteiger partial charge >= 0.3 is 0 Å². The lowest BCUT2D eigenvalue weighted by molar-refractivity contribution is -0.120. The van der Waals surface area contributed by atoms with Gasteiger partial charge in [0.05, 0.1) is 0 Å². The highest BCUT2D eigenvalue weighted by atomic mass is 35.5. The molecule has 3 rings (SSSR count). The van der Waals surface area contributed by atoms with Gasteiger partial charge in [0.1, 0.15) is 0 Å². The molecule has 2 atom stereocenters. The van der Waals surface area contributed by atoms with Crippen LogP contribution in [0.3, 0.4) is 0 Å². The average Bonchev–Trinajstić information content (AvgIpc) is 2.58. The van der Waals surface area contributed by atoms with Gasteiger partial charge < -0.3 is 10.6 Å². The molecule has 0 unspecified atom stereocenters. The molecule has 0 bridgehead atoms. The number of carbonyl (C=O) groups excluding carboxylic acids is 1. The molecule has 25 heavy (non-hydrogen) atoms. The van der Waals surface area contributed by atoms with Gasteiger partial charge in [0, 0.05) is 27.4 Å². The van der Waals surface area contributed by atoms with E-state index in [1.807, 2.05) is 24.3 Å². The van der Waals surface area contributed by atoms with Crippen LogP contribution in [-0.2, 0) is 4.79 Å². The Morgan fingerprint density at radius 1 is 1.16 bits per heavy atom. The van der Waals surface area contributed by atoms with E-state index < -0.39 is 0 Å². The minimum absolute atomic E-state index is 0. The van der Waals surface area contributed by atoms with Crippen LogP contribution >= 0.6 is 24.2 Å². The van der Waals surface area contributed by atoms with Crippen molar-refractivity contribution in [2.24, 2.45) is 5.92 Å². The normalized spacial score (nSPS) is 19.8. The smallest absolute Gasteiger partial charge is 0.227 e. The number of carbonyl (C=O) groups is 1. The fourth-order valence-corrected chi connectivity index (χ4v) is 4.01. The summed E-state index contributed by atoms with van der Waals surface area (Å²) in [7, 11) is 0. The molecule has 1 amide bonds. The van der Waals surface area contributed by atoms with E-state index in [4.69, 9.17) is 0 Å². The fraction of sp³-hybridized carbons (Fsp3) is 0.350. The van der Waals surface area contributed by atoms with Crippen LogP contribution in [0.15, 0.2) is 58.3 Å². The van der Waals surface area contributed by atoms with Crippen LogP contribution in [0.2, 0.25) is 0 Å². The van der Waals surface area contributed by atoms with Gasteiger partial charge in [-0.1, -0.05) is 30.0 Å². The van der Waals surface area contributed by atoms with Gasteiger partial charge in [0.15, 0.2) is 0 Å². The molecule has 2 N–H and O–H groups in total. The lowest BCUT2D eigenvalue weighted by Gasteiger charge is -2.27. The van der Waals surface area contributed by atoms with Crippen molar-refractivity contribution in [1.82, 2.24) is 5.32 Å². The van der Waals surface area contributed by atoms with Gasteiger partial charge in [0.25, 0.3) is 0 Å². The average molecular weight is 377 g/mol. The summed E-state index contributed by atoms with van der Waals surface area (Å²) in [6.45, 7) is 5.11. The van der Waals surface area contributed by atoms with E-state index in [2.05, 4.69) is 48.7 Å². The Morgan fingerprint density at radius 3 is 2.60 bits per heavy atom. The van der Waals surface area contributed by atoms with Crippen LogP contribution in [0.5, 0.6) is 0 Å². The van der Waals surface area contributed by atoms with E-state index in [1.165, 1.54) is 9.79 Å². The topological polar surface area (TPSA) is 41.1 Å². The van der Waals surface area contributed by atoms with E-state index >= 15 is 0 Å². The molecular weight excluding hydrogens is 352 g/mol. The first-order chi connectivity index (χ1) is 11.6. The monoisotopic (exact) mass is 376 g/mol. The van der Waals surface area contributed by atoms with Gasteiger partial charge in [-0.15, -0.1) is 12.4 Å². The molecule has 2 aromatic carbocycles. The largest absolute Gasteiger partial charge is 0.326 e. The van der Waals surface area contributed by atoms with Crippen molar-refractivity contribution in [3.05, 3.63) is 54.1 Å². The van der Waals surface area contributed by atoms with Gasteiger partial charge in [-0.3, -0.25) is 4.79 Å². The van der Waals surface area contributed by atoms with Crippen molar-refractivity contribution in [3.63, 3.8) is 0 Å². The zero-order valence-electron chi connectivity index (χ0n) is 14.6. The second kappa shape index (κ2) is 9.27. The highest BCUT2D eigenvalue weighted by Gasteiger charge is 2.24. The number of hydrogen-bond acceptors (Lipinski definition) is 3. The SMILES string of the molecule is Cc1cc(Sc2ccccc2)ccc1NC(=O)[C@H]1CCN[C@@H](C)C1.Cl. The maximum Gasteiger partial charge on any atom is 0.227 e. The molecule has 3 nitrogen and oxygen atoms in total. The van der Waals surface area contributed by atoms with E-state index in [9.17, 15) is 4.79 Å². The van der Waals surface area contributed by atoms with E-state index in [1.54, 1.807) is 11.8 Å². The van der Waals surface area contributed by atoms with E-state index in [0.717, 1.165) is 30.6 Å². The predicted octanol–water partition coefficient (Wildman–Crippen LogP) is 4.89. The number of piperidine rings is 1. The van der Waals surface area contributed by atoms with E-state index in [0.29, 0.717) is 6.04 Å². The summed E-state index contributed by atoms with van der Waals surface area (Å²) in [5.74, 6) is 0.258. The van der Waals surface area contributed by atoms with Crippen LogP contribution in [0.4, 0.5) is 5.69 Å². The number of aryl methyl sites for hydroxylation is 1. The molecule has 1 heterocycles. The minimum atomic E-state index is 0. The number of hydrogen-bond donors (Lipinski definition) is 2. The lowest BCUT2D eigenvalue weighted by atomic mass is 9.92. The number of halogens is 1. The van der Waals surface area contributed by atoms with Crippen LogP contribution in [0.25, 0.3) is 0 Å². The van der Waals surface area contributed by atoms with Crippen molar-refractivity contribution >= 4 is 35.8 Å². The molecule has 134 valence electrons. The Bertz CT molecular complexity index is 708. The number of nitrogens with one attached hydrogen (secondary N) is 2. The third kappa shape index (κ3) is 5.50. The number of benzene rings is 2. The first kappa shape index (κ1) is 19.8. The summed E-state index contributed by atoms with van der Waals surface area (Å²) in [6.07, 6.45) is 1.82. The van der Waals surface area contributed by atoms with Crippen molar-refractivity contribution in [2.45, 2.75) is 42.5 Å². The molecule has 1 saturated heterocycles. The number of anilines is 1. The summed E-state index contributed by atoms with van der Waals surface area (Å²) >= 11 is 1.74. The van der Waals surface area contributed by atoms with Gasteiger partial charge in [-0.05, 0) is 69.1 Å². The van der Waals surface area contributed by atoms with Crippen LogP contribution in [0, 0.1) is 12.8 Å². The third-order valence-electron chi connectivity index (χ3n) is 4.43. The van der Waals surface area contributed by atoms with E-state index in [-0.39, 0.29) is 24.2 Å². The Kier molecular flexibility index (Phi) is 7.36. The molecule has 5 heteroatoms. The summed E-state index contributed by atoms with van der Waals surface area (Å²) < 4.78 is 0. The quantitative estimate of drug-likeness (QED) is 0.797. The molecule has 2 aromatic rings. The van der Waals surface area contributed by atoms with Crippen LogP contribution in [0.1, 0.15) is 25.3 Å². The lowest BCUT2D eigenvalue weighted by Crippen LogP contribution is -2.40. The summed E-state index contributed by atoms with van der Waals surface area (Å²) in [6, 6.07) is 17.0. The molecule has 0 saturated carbocycles. The molecular formula is C20H25ClN2OS. The molecule has 0 aliphatic carbocycles. The second-order valence-electron chi connectivity index (χ2n) is 6.46. The summed E-state index contributed by atoms with van der Waals surface area (Å²) in [5.41, 5.74) is 2.02. The minimum Gasteiger partial charge on any atom is -0.326 e. The summed E-state index contributed by atoms with van der Waals surface area (Å²) in [4.78, 5) is 14.9. The Morgan fingerprint density at radius 2 is 1.92 bits per heavy atom. The number of rotatable bonds is 4. The van der Waals surface area contributed by atoms with Gasteiger partial charge in [-0.2, -0.15) is 0 Å². The van der Waals surface area contributed by atoms with Crippen molar-refractivity contribution < 1.29 is 4.79 Å². The molecule has 0 aromatic heterocycles. The first-order valence-electron chi connectivity index (χ1n) is 8.49. The maximum atomic E-state index is 12.5. The highest BCUT2D eigenvalue weighted by molar-refractivity contribution is 7.99. The van der Waals surface area contributed by atoms with Crippen molar-refractivity contribution in [1.29, 1.82) is 0 Å². The summed E-state index contributed by atoms with van der Waals surface area (Å²) in [5, 5.41) is 6.51.